The zero-order chi connectivity index (χ0) is 12.7. The number of amides is 1. The van der Waals surface area contributed by atoms with Crippen molar-refractivity contribution < 1.29 is 4.79 Å². The van der Waals surface area contributed by atoms with Crippen LogP contribution in [-0.2, 0) is 4.79 Å². The Morgan fingerprint density at radius 2 is 2.24 bits per heavy atom. The number of rotatable bonds is 5. The van der Waals surface area contributed by atoms with Crippen molar-refractivity contribution in [3.05, 3.63) is 60.3 Å². The summed E-state index contributed by atoms with van der Waals surface area (Å²) in [6.45, 7) is 7.63. The largest absolute Gasteiger partial charge is 0.359 e. The SMILES string of the molecule is C=C/C=C\C(=C)C1=CC=C(CC(=O)NC)CC1. The van der Waals surface area contributed by atoms with Crippen LogP contribution in [0.15, 0.2) is 60.3 Å². The second kappa shape index (κ2) is 6.69. The lowest BCUT2D eigenvalue weighted by Gasteiger charge is -2.14. The normalized spacial score (nSPS) is 15.1. The van der Waals surface area contributed by atoms with E-state index in [0.29, 0.717) is 6.42 Å². The van der Waals surface area contributed by atoms with Crippen molar-refractivity contribution in [2.45, 2.75) is 19.3 Å². The molecule has 1 rings (SSSR count). The van der Waals surface area contributed by atoms with Crippen LogP contribution in [0.3, 0.4) is 0 Å². The molecule has 0 heterocycles. The van der Waals surface area contributed by atoms with Crippen LogP contribution in [-0.4, -0.2) is 13.0 Å². The van der Waals surface area contributed by atoms with Gasteiger partial charge in [0.15, 0.2) is 0 Å². The van der Waals surface area contributed by atoms with Crippen molar-refractivity contribution in [1.82, 2.24) is 5.32 Å². The summed E-state index contributed by atoms with van der Waals surface area (Å²) in [4.78, 5) is 11.2. The first kappa shape index (κ1) is 13.2. The van der Waals surface area contributed by atoms with Gasteiger partial charge in [0.05, 0.1) is 0 Å². The number of carbonyl (C=O) groups excluding carboxylic acids is 1. The summed E-state index contributed by atoms with van der Waals surface area (Å²) in [6.07, 6.45) is 12.0. The monoisotopic (exact) mass is 229 g/mol. The molecule has 0 spiro atoms. The average molecular weight is 229 g/mol. The van der Waals surface area contributed by atoms with Gasteiger partial charge in [0.1, 0.15) is 0 Å². The molecule has 1 N–H and O–H groups in total. The Bertz CT molecular complexity index is 411. The molecular formula is C15H19NO. The molecule has 0 atom stereocenters. The van der Waals surface area contributed by atoms with Crippen LogP contribution < -0.4 is 5.32 Å². The molecule has 0 radical (unpaired) electrons. The molecule has 0 bridgehead atoms. The maximum absolute atomic E-state index is 11.2. The number of carbonyl (C=O) groups is 1. The van der Waals surface area contributed by atoms with Gasteiger partial charge in [-0.3, -0.25) is 4.79 Å². The second-order valence-corrected chi connectivity index (χ2v) is 3.99. The Balaban J connectivity index is 2.64. The molecule has 1 aliphatic carbocycles. The lowest BCUT2D eigenvalue weighted by atomic mass is 9.92. The summed E-state index contributed by atoms with van der Waals surface area (Å²) < 4.78 is 0. The van der Waals surface area contributed by atoms with E-state index >= 15 is 0 Å². The topological polar surface area (TPSA) is 29.1 Å². The van der Waals surface area contributed by atoms with E-state index in [-0.39, 0.29) is 5.91 Å². The molecule has 0 saturated carbocycles. The van der Waals surface area contributed by atoms with Crippen molar-refractivity contribution in [3.8, 4) is 0 Å². The highest BCUT2D eigenvalue weighted by atomic mass is 16.1. The molecule has 1 amide bonds. The number of nitrogens with one attached hydrogen (secondary N) is 1. The first-order valence-electron chi connectivity index (χ1n) is 5.75. The van der Waals surface area contributed by atoms with Crippen molar-refractivity contribution in [3.63, 3.8) is 0 Å². The minimum absolute atomic E-state index is 0.0680. The molecule has 0 aromatic heterocycles. The molecule has 90 valence electrons. The highest BCUT2D eigenvalue weighted by Gasteiger charge is 2.10. The molecule has 0 fully saturated rings. The Hall–Kier alpha value is -1.83. The zero-order valence-corrected chi connectivity index (χ0v) is 10.3. The predicted octanol–water partition coefficient (Wildman–Crippen LogP) is 3.07. The molecule has 0 aromatic carbocycles. The Labute approximate surface area is 103 Å². The van der Waals surface area contributed by atoms with Gasteiger partial charge in [-0.15, -0.1) is 0 Å². The van der Waals surface area contributed by atoms with Crippen molar-refractivity contribution in [2.75, 3.05) is 7.05 Å². The van der Waals surface area contributed by atoms with Gasteiger partial charge in [-0.25, -0.2) is 0 Å². The summed E-state index contributed by atoms with van der Waals surface area (Å²) >= 11 is 0. The standard InChI is InChI=1S/C15H19NO/c1-4-5-6-12(2)14-9-7-13(8-10-14)11-15(17)16-3/h4-7,9H,1-2,8,10-11H2,3H3,(H,16,17)/b6-5-. The van der Waals surface area contributed by atoms with E-state index in [9.17, 15) is 4.79 Å². The van der Waals surface area contributed by atoms with Gasteiger partial charge in [-0.05, 0) is 24.0 Å². The van der Waals surface area contributed by atoms with Crippen molar-refractivity contribution >= 4 is 5.91 Å². The Morgan fingerprint density at radius 3 is 2.76 bits per heavy atom. The maximum Gasteiger partial charge on any atom is 0.223 e. The molecular weight excluding hydrogens is 210 g/mol. The van der Waals surface area contributed by atoms with Crippen molar-refractivity contribution in [1.29, 1.82) is 0 Å². The molecule has 0 unspecified atom stereocenters. The van der Waals surface area contributed by atoms with Gasteiger partial charge in [0, 0.05) is 13.5 Å². The van der Waals surface area contributed by atoms with Gasteiger partial charge in [0.2, 0.25) is 5.91 Å². The van der Waals surface area contributed by atoms with Gasteiger partial charge < -0.3 is 5.32 Å². The summed E-state index contributed by atoms with van der Waals surface area (Å²) in [5.41, 5.74) is 3.41. The number of hydrogen-bond donors (Lipinski definition) is 1. The summed E-state index contributed by atoms with van der Waals surface area (Å²) in [6, 6.07) is 0. The fourth-order valence-corrected chi connectivity index (χ4v) is 1.68. The Kier molecular flexibility index (Phi) is 5.21. The second-order valence-electron chi connectivity index (χ2n) is 3.99. The van der Waals surface area contributed by atoms with E-state index in [0.717, 1.165) is 18.4 Å². The lowest BCUT2D eigenvalue weighted by molar-refractivity contribution is -0.119. The molecule has 2 nitrogen and oxygen atoms in total. The molecule has 0 saturated heterocycles. The van der Waals surface area contributed by atoms with Crippen LogP contribution in [0.1, 0.15) is 19.3 Å². The van der Waals surface area contributed by atoms with E-state index in [2.05, 4.69) is 24.6 Å². The van der Waals surface area contributed by atoms with Crippen LogP contribution in [0.4, 0.5) is 0 Å². The summed E-state index contributed by atoms with van der Waals surface area (Å²) in [5, 5.41) is 2.63. The first-order valence-corrected chi connectivity index (χ1v) is 5.75. The van der Waals surface area contributed by atoms with Crippen LogP contribution in [0, 0.1) is 0 Å². The summed E-state index contributed by atoms with van der Waals surface area (Å²) in [7, 11) is 1.66. The minimum Gasteiger partial charge on any atom is -0.359 e. The maximum atomic E-state index is 11.2. The third-order valence-corrected chi connectivity index (χ3v) is 2.75. The van der Waals surface area contributed by atoms with Gasteiger partial charge in [-0.1, -0.05) is 49.1 Å². The average Bonchev–Trinajstić information content (AvgIpc) is 2.36. The van der Waals surface area contributed by atoms with Crippen LogP contribution in [0.25, 0.3) is 0 Å². The molecule has 17 heavy (non-hydrogen) atoms. The van der Waals surface area contributed by atoms with E-state index < -0.39 is 0 Å². The predicted molar refractivity (Wildman–Crippen MR) is 72.6 cm³/mol. The highest BCUT2D eigenvalue weighted by Crippen LogP contribution is 2.25. The molecule has 0 aliphatic heterocycles. The fraction of sp³-hybridized carbons (Fsp3) is 0.267. The van der Waals surface area contributed by atoms with Gasteiger partial charge in [-0.2, -0.15) is 0 Å². The van der Waals surface area contributed by atoms with Crippen LogP contribution in [0.2, 0.25) is 0 Å². The van der Waals surface area contributed by atoms with Crippen molar-refractivity contribution in [2.24, 2.45) is 0 Å². The van der Waals surface area contributed by atoms with E-state index in [4.69, 9.17) is 0 Å². The van der Waals surface area contributed by atoms with Gasteiger partial charge >= 0.3 is 0 Å². The number of allylic oxidation sites excluding steroid dienone is 7. The molecule has 1 aliphatic rings. The first-order chi connectivity index (χ1) is 8.17. The number of hydrogen-bond acceptors (Lipinski definition) is 1. The quantitative estimate of drug-likeness (QED) is 0.721. The van der Waals surface area contributed by atoms with Crippen LogP contribution >= 0.6 is 0 Å². The van der Waals surface area contributed by atoms with E-state index in [1.165, 1.54) is 11.1 Å². The lowest BCUT2D eigenvalue weighted by Crippen LogP contribution is -2.18. The smallest absolute Gasteiger partial charge is 0.223 e. The fourth-order valence-electron chi connectivity index (χ4n) is 1.68. The van der Waals surface area contributed by atoms with E-state index in [1.54, 1.807) is 13.1 Å². The van der Waals surface area contributed by atoms with Crippen LogP contribution in [0.5, 0.6) is 0 Å². The zero-order valence-electron chi connectivity index (χ0n) is 10.3. The highest BCUT2D eigenvalue weighted by molar-refractivity contribution is 5.78. The third kappa shape index (κ3) is 4.27. The van der Waals surface area contributed by atoms with E-state index in [1.807, 2.05) is 18.2 Å². The van der Waals surface area contributed by atoms with Gasteiger partial charge in [0.25, 0.3) is 0 Å². The third-order valence-electron chi connectivity index (χ3n) is 2.75. The Morgan fingerprint density at radius 1 is 1.47 bits per heavy atom. The molecule has 2 heteroatoms. The summed E-state index contributed by atoms with van der Waals surface area (Å²) in [5.74, 6) is 0.0680. The minimum atomic E-state index is 0.0680. The molecule has 0 aromatic rings.